The second-order valence-corrected chi connectivity index (χ2v) is 1.85. The number of aryl methyl sites for hydroxylation is 1. The van der Waals surface area contributed by atoms with Crippen LogP contribution in [-0.4, -0.2) is 14.8 Å². The molecule has 0 aliphatic carbocycles. The van der Waals surface area contributed by atoms with Gasteiger partial charge in [-0.25, -0.2) is 0 Å². The summed E-state index contributed by atoms with van der Waals surface area (Å²) in [6.45, 7) is 4.73. The number of nitrogen functional groups attached to an aromatic ring is 1. The highest BCUT2D eigenvalue weighted by molar-refractivity contribution is 5.16. The lowest BCUT2D eigenvalue weighted by Gasteiger charge is -1.97. The number of hydrogen-bond acceptors (Lipinski definition) is 3. The first-order valence-electron chi connectivity index (χ1n) is 2.91. The predicted molar refractivity (Wildman–Crippen MR) is 34.8 cm³/mol. The molecule has 0 unspecified atom stereocenters. The first-order valence-corrected chi connectivity index (χ1v) is 2.91. The maximum absolute atomic E-state index is 5.44. The van der Waals surface area contributed by atoms with Crippen LogP contribution in [0.1, 0.15) is 12.7 Å². The van der Waals surface area contributed by atoms with Crippen LogP contribution < -0.4 is 5.73 Å². The van der Waals surface area contributed by atoms with Crippen molar-refractivity contribution in [2.75, 3.05) is 5.73 Å². The van der Waals surface area contributed by atoms with E-state index in [4.69, 9.17) is 5.73 Å². The van der Waals surface area contributed by atoms with Crippen molar-refractivity contribution in [3.05, 3.63) is 5.82 Å². The molecule has 0 saturated carbocycles. The van der Waals surface area contributed by atoms with E-state index >= 15 is 0 Å². The van der Waals surface area contributed by atoms with Gasteiger partial charge in [-0.2, -0.15) is 0 Å². The van der Waals surface area contributed by atoms with E-state index in [1.54, 1.807) is 0 Å². The molecule has 0 fully saturated rings. The Morgan fingerprint density at radius 3 is 2.44 bits per heavy atom. The number of anilines is 1. The molecular weight excluding hydrogens is 116 g/mol. The Morgan fingerprint density at radius 1 is 1.56 bits per heavy atom. The Bertz CT molecular complexity index is 183. The van der Waals surface area contributed by atoms with E-state index in [2.05, 4.69) is 10.2 Å². The standard InChI is InChI=1S/C5H10N4/c1-3-9-4(2)7-8-5(9)6/h3H2,1-2H3,(H2,6,8). The van der Waals surface area contributed by atoms with Gasteiger partial charge in [0.05, 0.1) is 0 Å². The van der Waals surface area contributed by atoms with Gasteiger partial charge in [0, 0.05) is 6.54 Å². The van der Waals surface area contributed by atoms with Crippen LogP contribution in [0.15, 0.2) is 0 Å². The first kappa shape index (κ1) is 6.07. The maximum Gasteiger partial charge on any atom is 0.221 e. The molecule has 0 atom stereocenters. The van der Waals surface area contributed by atoms with Crippen molar-refractivity contribution in [1.82, 2.24) is 14.8 Å². The molecule has 50 valence electrons. The predicted octanol–water partition coefficient (Wildman–Crippen LogP) is 0.189. The fourth-order valence-corrected chi connectivity index (χ4v) is 0.788. The van der Waals surface area contributed by atoms with Crippen LogP contribution in [-0.2, 0) is 6.54 Å². The van der Waals surface area contributed by atoms with Crippen LogP contribution in [0.25, 0.3) is 0 Å². The number of nitrogens with two attached hydrogens (primary N) is 1. The van der Waals surface area contributed by atoms with Crippen molar-refractivity contribution in [1.29, 1.82) is 0 Å². The fourth-order valence-electron chi connectivity index (χ4n) is 0.788. The third kappa shape index (κ3) is 0.872. The monoisotopic (exact) mass is 126 g/mol. The van der Waals surface area contributed by atoms with E-state index in [0.717, 1.165) is 12.4 Å². The SMILES string of the molecule is CCn1c(C)nnc1N. The third-order valence-corrected chi connectivity index (χ3v) is 1.28. The molecule has 1 heterocycles. The molecule has 0 aliphatic rings. The Kier molecular flexibility index (Phi) is 1.38. The minimum Gasteiger partial charge on any atom is -0.368 e. The van der Waals surface area contributed by atoms with E-state index in [1.165, 1.54) is 0 Å². The third-order valence-electron chi connectivity index (χ3n) is 1.28. The number of hydrogen-bond donors (Lipinski definition) is 1. The molecule has 1 rings (SSSR count). The van der Waals surface area contributed by atoms with Crippen molar-refractivity contribution < 1.29 is 0 Å². The molecule has 9 heavy (non-hydrogen) atoms. The van der Waals surface area contributed by atoms with Crippen LogP contribution >= 0.6 is 0 Å². The van der Waals surface area contributed by atoms with Gasteiger partial charge in [-0.1, -0.05) is 0 Å². The highest BCUT2D eigenvalue weighted by Crippen LogP contribution is 1.99. The minimum absolute atomic E-state index is 0.495. The average Bonchev–Trinajstić information content (AvgIpc) is 2.12. The Hall–Kier alpha value is -1.06. The lowest BCUT2D eigenvalue weighted by molar-refractivity contribution is 0.739. The van der Waals surface area contributed by atoms with Crippen molar-refractivity contribution in [3.63, 3.8) is 0 Å². The summed E-state index contributed by atoms with van der Waals surface area (Å²) in [4.78, 5) is 0. The molecule has 0 saturated heterocycles. The van der Waals surface area contributed by atoms with Gasteiger partial charge in [0.15, 0.2) is 0 Å². The van der Waals surface area contributed by atoms with Crippen molar-refractivity contribution in [2.45, 2.75) is 20.4 Å². The van der Waals surface area contributed by atoms with Crippen LogP contribution in [0, 0.1) is 6.92 Å². The topological polar surface area (TPSA) is 56.7 Å². The average molecular weight is 126 g/mol. The van der Waals surface area contributed by atoms with E-state index in [0.29, 0.717) is 5.95 Å². The number of nitrogens with zero attached hydrogens (tertiary/aromatic N) is 3. The zero-order chi connectivity index (χ0) is 6.85. The lowest BCUT2D eigenvalue weighted by atomic mass is 10.6. The number of aromatic nitrogens is 3. The second kappa shape index (κ2) is 2.05. The molecule has 4 heteroatoms. The largest absolute Gasteiger partial charge is 0.368 e. The Morgan fingerprint density at radius 2 is 2.22 bits per heavy atom. The minimum atomic E-state index is 0.495. The molecule has 0 amide bonds. The molecule has 0 aromatic carbocycles. The van der Waals surface area contributed by atoms with Gasteiger partial charge in [-0.05, 0) is 13.8 Å². The molecule has 0 bridgehead atoms. The summed E-state index contributed by atoms with van der Waals surface area (Å²) in [6.07, 6.45) is 0. The molecule has 4 nitrogen and oxygen atoms in total. The number of rotatable bonds is 1. The first-order chi connectivity index (χ1) is 4.25. The summed E-state index contributed by atoms with van der Waals surface area (Å²) in [5.74, 6) is 1.37. The Labute approximate surface area is 53.7 Å². The molecule has 0 radical (unpaired) electrons. The van der Waals surface area contributed by atoms with E-state index < -0.39 is 0 Å². The van der Waals surface area contributed by atoms with Crippen LogP contribution in [0.5, 0.6) is 0 Å². The highest BCUT2D eigenvalue weighted by atomic mass is 15.3. The van der Waals surface area contributed by atoms with E-state index in [9.17, 15) is 0 Å². The van der Waals surface area contributed by atoms with Gasteiger partial charge in [-0.15, -0.1) is 10.2 Å². The van der Waals surface area contributed by atoms with Gasteiger partial charge in [0.2, 0.25) is 5.95 Å². The van der Waals surface area contributed by atoms with Gasteiger partial charge >= 0.3 is 0 Å². The van der Waals surface area contributed by atoms with Crippen molar-refractivity contribution >= 4 is 5.95 Å². The normalized spacial score (nSPS) is 10.0. The highest BCUT2D eigenvalue weighted by Gasteiger charge is 1.99. The Balaban J connectivity index is 3.07. The molecule has 0 spiro atoms. The van der Waals surface area contributed by atoms with Crippen LogP contribution in [0.2, 0.25) is 0 Å². The van der Waals surface area contributed by atoms with E-state index in [-0.39, 0.29) is 0 Å². The molecule has 1 aromatic heterocycles. The zero-order valence-corrected chi connectivity index (χ0v) is 5.63. The summed E-state index contributed by atoms with van der Waals surface area (Å²) in [7, 11) is 0. The van der Waals surface area contributed by atoms with Crippen molar-refractivity contribution in [2.24, 2.45) is 0 Å². The molecule has 2 N–H and O–H groups in total. The summed E-state index contributed by atoms with van der Waals surface area (Å²) < 4.78 is 1.85. The smallest absolute Gasteiger partial charge is 0.221 e. The molecule has 0 aliphatic heterocycles. The zero-order valence-electron chi connectivity index (χ0n) is 5.63. The lowest BCUT2D eigenvalue weighted by Crippen LogP contribution is -2.02. The van der Waals surface area contributed by atoms with Crippen molar-refractivity contribution in [3.8, 4) is 0 Å². The molecule has 1 aromatic rings. The second-order valence-electron chi connectivity index (χ2n) is 1.85. The summed E-state index contributed by atoms with van der Waals surface area (Å²) in [6, 6.07) is 0. The fraction of sp³-hybridized carbons (Fsp3) is 0.600. The van der Waals surface area contributed by atoms with Gasteiger partial charge in [0.25, 0.3) is 0 Å². The van der Waals surface area contributed by atoms with Crippen LogP contribution in [0.3, 0.4) is 0 Å². The molecular formula is C5H10N4. The van der Waals surface area contributed by atoms with E-state index in [1.807, 2.05) is 18.4 Å². The quantitative estimate of drug-likeness (QED) is 0.584. The van der Waals surface area contributed by atoms with Gasteiger partial charge in [-0.3, -0.25) is 4.57 Å². The summed E-state index contributed by atoms with van der Waals surface area (Å²) >= 11 is 0. The summed E-state index contributed by atoms with van der Waals surface area (Å²) in [5, 5.41) is 7.45. The van der Waals surface area contributed by atoms with Gasteiger partial charge < -0.3 is 5.73 Å². The maximum atomic E-state index is 5.44. The van der Waals surface area contributed by atoms with Crippen LogP contribution in [0.4, 0.5) is 5.95 Å². The summed E-state index contributed by atoms with van der Waals surface area (Å²) in [5.41, 5.74) is 5.44. The van der Waals surface area contributed by atoms with Gasteiger partial charge in [0.1, 0.15) is 5.82 Å².